The summed E-state index contributed by atoms with van der Waals surface area (Å²) in [5.74, 6) is 0.771. The molecular weight excluding hydrogens is 314 g/mol. The van der Waals surface area contributed by atoms with Gasteiger partial charge in [-0.2, -0.15) is 0 Å². The molecule has 3 nitrogen and oxygen atoms in total. The Morgan fingerprint density at radius 3 is 2.44 bits per heavy atom. The van der Waals surface area contributed by atoms with Gasteiger partial charge in [-0.3, -0.25) is 4.57 Å². The first kappa shape index (κ1) is 11.7. The van der Waals surface area contributed by atoms with Gasteiger partial charge in [0.1, 0.15) is 5.82 Å². The third kappa shape index (κ3) is 1.72. The number of nitrogens with zero attached hydrogens (tertiary/aromatic N) is 3. The highest BCUT2D eigenvalue weighted by atomic mass is 79.9. The van der Waals surface area contributed by atoms with E-state index < -0.39 is 0 Å². The van der Waals surface area contributed by atoms with Gasteiger partial charge >= 0.3 is 0 Å². The minimum absolute atomic E-state index is 0.375. The molecule has 0 saturated carbocycles. The molecule has 3 aromatic rings. The summed E-state index contributed by atoms with van der Waals surface area (Å²) in [4.78, 5) is 0. The molecule has 5 heteroatoms. The highest BCUT2D eigenvalue weighted by Crippen LogP contribution is 2.30. The summed E-state index contributed by atoms with van der Waals surface area (Å²) < 4.78 is 2.90. The summed E-state index contributed by atoms with van der Waals surface area (Å²) in [6, 6.07) is 12.2. The third-order valence-electron chi connectivity index (χ3n) is 2.87. The van der Waals surface area contributed by atoms with Crippen molar-refractivity contribution in [1.82, 2.24) is 14.8 Å². The average molecular weight is 323 g/mol. The van der Waals surface area contributed by atoms with Crippen molar-refractivity contribution in [1.29, 1.82) is 0 Å². The van der Waals surface area contributed by atoms with Crippen LogP contribution in [0.2, 0.25) is 5.28 Å². The van der Waals surface area contributed by atoms with Gasteiger partial charge in [-0.15, -0.1) is 10.2 Å². The summed E-state index contributed by atoms with van der Waals surface area (Å²) in [5.41, 5.74) is 0.987. The standard InChI is InChI=1S/C13H9BrClN3/c1-8-16-17-13(15)18(8)12-7-6-11(14)9-4-2-3-5-10(9)12/h2-7H,1H3. The zero-order chi connectivity index (χ0) is 12.7. The van der Waals surface area contributed by atoms with Gasteiger partial charge in [0.15, 0.2) is 0 Å². The predicted octanol–water partition coefficient (Wildman–Crippen LogP) is 4.14. The topological polar surface area (TPSA) is 30.7 Å². The molecule has 18 heavy (non-hydrogen) atoms. The number of aryl methyl sites for hydroxylation is 1. The molecule has 0 saturated heterocycles. The zero-order valence-electron chi connectivity index (χ0n) is 9.56. The molecule has 2 aromatic carbocycles. The van der Waals surface area contributed by atoms with Crippen LogP contribution in [0.5, 0.6) is 0 Å². The molecule has 0 aliphatic heterocycles. The molecule has 0 bridgehead atoms. The van der Waals surface area contributed by atoms with Crippen LogP contribution in [0.25, 0.3) is 16.5 Å². The van der Waals surface area contributed by atoms with E-state index in [4.69, 9.17) is 11.6 Å². The Balaban J connectivity index is 2.41. The van der Waals surface area contributed by atoms with Gasteiger partial charge in [-0.1, -0.05) is 40.2 Å². The van der Waals surface area contributed by atoms with Crippen LogP contribution in [0.3, 0.4) is 0 Å². The van der Waals surface area contributed by atoms with Crippen molar-refractivity contribution in [2.75, 3.05) is 0 Å². The van der Waals surface area contributed by atoms with Crippen molar-refractivity contribution >= 4 is 38.3 Å². The van der Waals surface area contributed by atoms with Gasteiger partial charge in [0.05, 0.1) is 5.69 Å². The Bertz CT molecular complexity index is 717. The molecule has 0 fully saturated rings. The van der Waals surface area contributed by atoms with Crippen molar-refractivity contribution in [3.05, 3.63) is 52.0 Å². The van der Waals surface area contributed by atoms with Gasteiger partial charge in [-0.05, 0) is 36.0 Å². The van der Waals surface area contributed by atoms with E-state index in [1.807, 2.05) is 35.8 Å². The van der Waals surface area contributed by atoms with Crippen molar-refractivity contribution < 1.29 is 0 Å². The lowest BCUT2D eigenvalue weighted by Gasteiger charge is -2.10. The van der Waals surface area contributed by atoms with E-state index in [1.54, 1.807) is 0 Å². The number of hydrogen-bond donors (Lipinski definition) is 0. The second-order valence-corrected chi connectivity index (χ2v) is 5.16. The molecule has 90 valence electrons. The average Bonchev–Trinajstić information content (AvgIpc) is 2.71. The van der Waals surface area contributed by atoms with Crippen LogP contribution in [0.4, 0.5) is 0 Å². The monoisotopic (exact) mass is 321 g/mol. The molecule has 0 atom stereocenters. The van der Waals surface area contributed by atoms with E-state index in [0.29, 0.717) is 5.28 Å². The molecular formula is C13H9BrClN3. The molecule has 0 unspecified atom stereocenters. The molecule has 0 aliphatic rings. The van der Waals surface area contributed by atoms with E-state index in [1.165, 1.54) is 0 Å². The molecule has 1 aromatic heterocycles. The van der Waals surface area contributed by atoms with Gasteiger partial charge in [0.25, 0.3) is 0 Å². The summed E-state index contributed by atoms with van der Waals surface area (Å²) >= 11 is 9.66. The van der Waals surface area contributed by atoms with Crippen LogP contribution in [0.15, 0.2) is 40.9 Å². The molecule has 0 aliphatic carbocycles. The number of halogens is 2. The highest BCUT2D eigenvalue weighted by molar-refractivity contribution is 9.10. The minimum atomic E-state index is 0.375. The SMILES string of the molecule is Cc1nnc(Cl)n1-c1ccc(Br)c2ccccc12. The number of fused-ring (bicyclic) bond motifs is 1. The first-order valence-electron chi connectivity index (χ1n) is 5.43. The van der Waals surface area contributed by atoms with Crippen LogP contribution >= 0.6 is 27.5 Å². The highest BCUT2D eigenvalue weighted by Gasteiger charge is 2.12. The van der Waals surface area contributed by atoms with E-state index in [-0.39, 0.29) is 0 Å². The molecule has 0 radical (unpaired) electrons. The normalized spacial score (nSPS) is 11.1. The summed E-state index contributed by atoms with van der Waals surface area (Å²) in [5, 5.41) is 10.5. The molecule has 0 N–H and O–H groups in total. The zero-order valence-corrected chi connectivity index (χ0v) is 11.9. The number of hydrogen-bond acceptors (Lipinski definition) is 2. The lowest BCUT2D eigenvalue weighted by molar-refractivity contribution is 0.976. The minimum Gasteiger partial charge on any atom is -0.269 e. The van der Waals surface area contributed by atoms with Gasteiger partial charge in [0.2, 0.25) is 5.28 Å². The van der Waals surface area contributed by atoms with Gasteiger partial charge in [0, 0.05) is 9.86 Å². The molecule has 0 amide bonds. The van der Waals surface area contributed by atoms with E-state index in [0.717, 1.165) is 26.8 Å². The van der Waals surface area contributed by atoms with Crippen LogP contribution in [-0.4, -0.2) is 14.8 Å². The third-order valence-corrected chi connectivity index (χ3v) is 3.81. The fourth-order valence-electron chi connectivity index (χ4n) is 2.05. The summed E-state index contributed by atoms with van der Waals surface area (Å²) in [6.45, 7) is 1.88. The summed E-state index contributed by atoms with van der Waals surface area (Å²) in [7, 11) is 0. The maximum atomic E-state index is 6.10. The maximum absolute atomic E-state index is 6.10. The van der Waals surface area contributed by atoms with Crippen LogP contribution in [-0.2, 0) is 0 Å². The Hall–Kier alpha value is -1.39. The van der Waals surface area contributed by atoms with Gasteiger partial charge < -0.3 is 0 Å². The molecule has 0 spiro atoms. The van der Waals surface area contributed by atoms with E-state index >= 15 is 0 Å². The number of aromatic nitrogens is 3. The predicted molar refractivity (Wildman–Crippen MR) is 76.3 cm³/mol. The Morgan fingerprint density at radius 2 is 1.78 bits per heavy atom. The molecule has 3 rings (SSSR count). The quantitative estimate of drug-likeness (QED) is 0.674. The van der Waals surface area contributed by atoms with Crippen molar-refractivity contribution in [3.63, 3.8) is 0 Å². The van der Waals surface area contributed by atoms with Crippen molar-refractivity contribution in [2.45, 2.75) is 6.92 Å². The maximum Gasteiger partial charge on any atom is 0.229 e. The van der Waals surface area contributed by atoms with Crippen LogP contribution in [0, 0.1) is 6.92 Å². The lowest BCUT2D eigenvalue weighted by Crippen LogP contribution is -1.98. The van der Waals surface area contributed by atoms with E-state index in [2.05, 4.69) is 38.3 Å². The fraction of sp³-hybridized carbons (Fsp3) is 0.0769. The number of benzene rings is 2. The Morgan fingerprint density at radius 1 is 1.06 bits per heavy atom. The first-order valence-corrected chi connectivity index (χ1v) is 6.60. The van der Waals surface area contributed by atoms with Crippen LogP contribution in [0.1, 0.15) is 5.82 Å². The second kappa shape index (κ2) is 4.37. The van der Waals surface area contributed by atoms with Gasteiger partial charge in [-0.25, -0.2) is 0 Å². The van der Waals surface area contributed by atoms with Crippen molar-refractivity contribution in [2.24, 2.45) is 0 Å². The first-order chi connectivity index (χ1) is 8.68. The van der Waals surface area contributed by atoms with Crippen LogP contribution < -0.4 is 0 Å². The largest absolute Gasteiger partial charge is 0.269 e. The lowest BCUT2D eigenvalue weighted by atomic mass is 10.1. The second-order valence-electron chi connectivity index (χ2n) is 3.96. The molecule has 1 heterocycles. The Labute approximate surface area is 118 Å². The fourth-order valence-corrected chi connectivity index (χ4v) is 2.78. The van der Waals surface area contributed by atoms with E-state index in [9.17, 15) is 0 Å². The summed E-state index contributed by atoms with van der Waals surface area (Å²) in [6.07, 6.45) is 0. The van der Waals surface area contributed by atoms with Crippen molar-refractivity contribution in [3.8, 4) is 5.69 Å². The Kier molecular flexibility index (Phi) is 2.84. The smallest absolute Gasteiger partial charge is 0.229 e. The number of rotatable bonds is 1.